The molecule has 1 atom stereocenters. The highest BCUT2D eigenvalue weighted by Gasteiger charge is 2.18. The predicted octanol–water partition coefficient (Wildman–Crippen LogP) is 2.15. The molecular formula is C16H26N4O3S. The number of nitrogens with two attached hydrogens (primary N) is 1. The molecule has 1 unspecified atom stereocenters. The zero-order valence-corrected chi connectivity index (χ0v) is 15.5. The van der Waals surface area contributed by atoms with Crippen LogP contribution in [0.3, 0.4) is 0 Å². The number of alkyl carbamates (subject to hydrolysis) is 1. The maximum atomic E-state index is 11.7. The summed E-state index contributed by atoms with van der Waals surface area (Å²) in [7, 11) is 0. The van der Waals surface area contributed by atoms with E-state index in [2.05, 4.69) is 15.3 Å². The van der Waals surface area contributed by atoms with Gasteiger partial charge < -0.3 is 15.8 Å². The number of amides is 2. The topological polar surface area (TPSA) is 107 Å². The molecule has 0 aliphatic carbocycles. The largest absolute Gasteiger partial charge is 0.444 e. The number of ether oxygens (including phenoxy) is 1. The molecule has 1 aromatic heterocycles. The van der Waals surface area contributed by atoms with Gasteiger partial charge in [-0.05, 0) is 39.4 Å². The summed E-state index contributed by atoms with van der Waals surface area (Å²) in [6.45, 7) is 5.70. The Bertz CT molecular complexity index is 543. The summed E-state index contributed by atoms with van der Waals surface area (Å²) in [5.41, 5.74) is 4.73. The van der Waals surface area contributed by atoms with E-state index in [4.69, 9.17) is 10.5 Å². The molecule has 8 heteroatoms. The first-order valence-corrected chi connectivity index (χ1v) is 9.02. The standard InChI is InChI=1S/C16H26N4O3S/c1-16(2,3)23-15(22)20-8-11(7-13(17)21)5-6-14-18-9-12(24-4)10-19-14/h9-11H,5-8H2,1-4H3,(H2,17,21)(H,20,22). The minimum atomic E-state index is -0.559. The summed E-state index contributed by atoms with van der Waals surface area (Å²) in [6, 6.07) is 0. The number of aromatic nitrogens is 2. The lowest BCUT2D eigenvalue weighted by molar-refractivity contribution is -0.118. The van der Waals surface area contributed by atoms with E-state index in [9.17, 15) is 9.59 Å². The highest BCUT2D eigenvalue weighted by Crippen LogP contribution is 2.14. The summed E-state index contributed by atoms with van der Waals surface area (Å²) >= 11 is 1.58. The van der Waals surface area contributed by atoms with Gasteiger partial charge in [0.2, 0.25) is 5.91 Å². The van der Waals surface area contributed by atoms with Crippen molar-refractivity contribution in [2.24, 2.45) is 11.7 Å². The number of carbonyl (C=O) groups excluding carboxylic acids is 2. The molecule has 0 aromatic carbocycles. The van der Waals surface area contributed by atoms with Crippen LogP contribution >= 0.6 is 11.8 Å². The molecule has 134 valence electrons. The number of nitrogens with zero attached hydrogens (tertiary/aromatic N) is 2. The maximum absolute atomic E-state index is 11.7. The van der Waals surface area contributed by atoms with Gasteiger partial charge in [-0.25, -0.2) is 14.8 Å². The van der Waals surface area contributed by atoms with Crippen LogP contribution in [-0.4, -0.2) is 40.4 Å². The summed E-state index contributed by atoms with van der Waals surface area (Å²) in [5.74, 6) is 0.225. The Hall–Kier alpha value is -1.83. The van der Waals surface area contributed by atoms with Crippen LogP contribution in [-0.2, 0) is 16.0 Å². The van der Waals surface area contributed by atoms with E-state index in [1.54, 1.807) is 44.9 Å². The van der Waals surface area contributed by atoms with Gasteiger partial charge in [-0.2, -0.15) is 0 Å². The molecule has 0 saturated heterocycles. The van der Waals surface area contributed by atoms with Crippen LogP contribution in [0.5, 0.6) is 0 Å². The molecule has 1 aromatic rings. The van der Waals surface area contributed by atoms with Gasteiger partial charge >= 0.3 is 6.09 Å². The van der Waals surface area contributed by atoms with Gasteiger partial charge in [0, 0.05) is 36.7 Å². The highest BCUT2D eigenvalue weighted by molar-refractivity contribution is 7.98. The van der Waals surface area contributed by atoms with Gasteiger partial charge in [0.1, 0.15) is 11.4 Å². The molecule has 24 heavy (non-hydrogen) atoms. The second kappa shape index (κ2) is 9.46. The third-order valence-corrected chi connectivity index (χ3v) is 3.80. The van der Waals surface area contributed by atoms with Crippen LogP contribution in [0, 0.1) is 5.92 Å². The SMILES string of the molecule is CSc1cnc(CCC(CNC(=O)OC(C)(C)C)CC(N)=O)nc1. The number of hydrogen-bond donors (Lipinski definition) is 2. The van der Waals surface area contributed by atoms with Crippen molar-refractivity contribution in [3.8, 4) is 0 Å². The number of rotatable bonds is 8. The van der Waals surface area contributed by atoms with E-state index in [0.29, 0.717) is 25.2 Å². The van der Waals surface area contributed by atoms with Crippen molar-refractivity contribution in [2.45, 2.75) is 50.5 Å². The van der Waals surface area contributed by atoms with Crippen LogP contribution in [0.4, 0.5) is 4.79 Å². The third kappa shape index (κ3) is 8.71. The molecule has 3 N–H and O–H groups in total. The zero-order valence-electron chi connectivity index (χ0n) is 14.7. The number of aryl methyl sites for hydroxylation is 1. The lowest BCUT2D eigenvalue weighted by atomic mass is 9.98. The Balaban J connectivity index is 2.52. The second-order valence-electron chi connectivity index (χ2n) is 6.50. The molecular weight excluding hydrogens is 328 g/mol. The van der Waals surface area contributed by atoms with Crippen molar-refractivity contribution in [1.29, 1.82) is 0 Å². The smallest absolute Gasteiger partial charge is 0.407 e. The third-order valence-electron chi connectivity index (χ3n) is 3.12. The molecule has 2 amide bonds. The van der Waals surface area contributed by atoms with E-state index in [1.165, 1.54) is 0 Å². The van der Waals surface area contributed by atoms with Crippen molar-refractivity contribution in [3.63, 3.8) is 0 Å². The number of nitrogens with one attached hydrogen (secondary N) is 1. The fraction of sp³-hybridized carbons (Fsp3) is 0.625. The van der Waals surface area contributed by atoms with Crippen molar-refractivity contribution >= 4 is 23.8 Å². The Labute approximate surface area is 147 Å². The van der Waals surface area contributed by atoms with E-state index >= 15 is 0 Å². The number of carbonyl (C=O) groups is 2. The fourth-order valence-corrected chi connectivity index (χ4v) is 2.33. The van der Waals surface area contributed by atoms with Crippen LogP contribution in [0.25, 0.3) is 0 Å². The van der Waals surface area contributed by atoms with Crippen molar-refractivity contribution in [2.75, 3.05) is 12.8 Å². The molecule has 0 aliphatic rings. The van der Waals surface area contributed by atoms with E-state index in [0.717, 1.165) is 4.90 Å². The van der Waals surface area contributed by atoms with Crippen molar-refractivity contribution < 1.29 is 14.3 Å². The highest BCUT2D eigenvalue weighted by atomic mass is 32.2. The molecule has 1 heterocycles. The van der Waals surface area contributed by atoms with E-state index in [1.807, 2.05) is 6.26 Å². The van der Waals surface area contributed by atoms with E-state index < -0.39 is 17.6 Å². The first-order valence-electron chi connectivity index (χ1n) is 7.79. The predicted molar refractivity (Wildman–Crippen MR) is 93.7 cm³/mol. The van der Waals surface area contributed by atoms with Crippen molar-refractivity contribution in [1.82, 2.24) is 15.3 Å². The number of primary amides is 1. The van der Waals surface area contributed by atoms with Gasteiger partial charge in [-0.15, -0.1) is 11.8 Å². The lowest BCUT2D eigenvalue weighted by Gasteiger charge is -2.21. The average molecular weight is 354 g/mol. The molecule has 1 rings (SSSR count). The monoisotopic (exact) mass is 354 g/mol. The molecule has 0 spiro atoms. The lowest BCUT2D eigenvalue weighted by Crippen LogP contribution is -2.36. The van der Waals surface area contributed by atoms with Crippen LogP contribution < -0.4 is 11.1 Å². The first kappa shape index (κ1) is 20.2. The Morgan fingerprint density at radius 2 is 1.96 bits per heavy atom. The summed E-state index contributed by atoms with van der Waals surface area (Å²) in [6.07, 6.45) is 6.46. The molecule has 0 saturated carbocycles. The van der Waals surface area contributed by atoms with Gasteiger partial charge in [0.15, 0.2) is 0 Å². The van der Waals surface area contributed by atoms with Crippen LogP contribution in [0.15, 0.2) is 17.3 Å². The van der Waals surface area contributed by atoms with Crippen LogP contribution in [0.1, 0.15) is 39.4 Å². The number of thioether (sulfide) groups is 1. The fourth-order valence-electron chi connectivity index (χ4n) is 2.01. The zero-order chi connectivity index (χ0) is 18.2. The Morgan fingerprint density at radius 3 is 2.46 bits per heavy atom. The molecule has 0 bridgehead atoms. The van der Waals surface area contributed by atoms with Crippen molar-refractivity contribution in [3.05, 3.63) is 18.2 Å². The molecule has 0 aliphatic heterocycles. The number of hydrogen-bond acceptors (Lipinski definition) is 6. The minimum Gasteiger partial charge on any atom is -0.444 e. The van der Waals surface area contributed by atoms with Gasteiger partial charge in [-0.1, -0.05) is 0 Å². The average Bonchev–Trinajstić information content (AvgIpc) is 2.48. The Kier molecular flexibility index (Phi) is 7.97. The quantitative estimate of drug-likeness (QED) is 0.693. The van der Waals surface area contributed by atoms with Crippen LogP contribution in [0.2, 0.25) is 0 Å². The van der Waals surface area contributed by atoms with Gasteiger partial charge in [0.05, 0.1) is 0 Å². The first-order chi connectivity index (χ1) is 11.2. The summed E-state index contributed by atoms with van der Waals surface area (Å²) < 4.78 is 5.19. The minimum absolute atomic E-state index is 0.0844. The molecule has 0 fully saturated rings. The second-order valence-corrected chi connectivity index (χ2v) is 7.38. The van der Waals surface area contributed by atoms with E-state index in [-0.39, 0.29) is 12.3 Å². The Morgan fingerprint density at radius 1 is 1.33 bits per heavy atom. The molecule has 0 radical (unpaired) electrons. The maximum Gasteiger partial charge on any atom is 0.407 e. The summed E-state index contributed by atoms with van der Waals surface area (Å²) in [5, 5.41) is 2.69. The van der Waals surface area contributed by atoms with Gasteiger partial charge in [0.25, 0.3) is 0 Å². The summed E-state index contributed by atoms with van der Waals surface area (Å²) in [4.78, 5) is 32.5. The van der Waals surface area contributed by atoms with Gasteiger partial charge in [-0.3, -0.25) is 4.79 Å². The normalized spacial score (nSPS) is 12.5. The molecule has 7 nitrogen and oxygen atoms in total.